The maximum atomic E-state index is 13.8. The van der Waals surface area contributed by atoms with Gasteiger partial charge in [0, 0.05) is 11.4 Å². The van der Waals surface area contributed by atoms with Crippen LogP contribution in [0.1, 0.15) is 17.0 Å². The van der Waals surface area contributed by atoms with Crippen LogP contribution >= 0.6 is 11.8 Å². The van der Waals surface area contributed by atoms with Crippen LogP contribution in [-0.4, -0.2) is 26.4 Å². The van der Waals surface area contributed by atoms with Gasteiger partial charge in [0.05, 0.1) is 5.75 Å². The number of para-hydroxylation sites is 1. The minimum Gasteiger partial charge on any atom is -0.486 e. The molecule has 0 saturated heterocycles. The minimum absolute atomic E-state index is 0.0963. The average Bonchev–Trinajstić information content (AvgIpc) is 3.23. The summed E-state index contributed by atoms with van der Waals surface area (Å²) in [6, 6.07) is 22.1. The predicted molar refractivity (Wildman–Crippen MR) is 127 cm³/mol. The van der Waals surface area contributed by atoms with Crippen LogP contribution in [0.25, 0.3) is 5.69 Å². The van der Waals surface area contributed by atoms with Gasteiger partial charge in [0.15, 0.2) is 11.0 Å². The van der Waals surface area contributed by atoms with Crippen LogP contribution < -0.4 is 10.1 Å². The molecule has 1 N–H and O–H groups in total. The van der Waals surface area contributed by atoms with E-state index < -0.39 is 0 Å². The van der Waals surface area contributed by atoms with Crippen molar-refractivity contribution in [3.8, 4) is 11.4 Å². The number of hydrogen-bond donors (Lipinski definition) is 1. The molecule has 0 spiro atoms. The molecule has 0 fully saturated rings. The maximum absolute atomic E-state index is 13.8. The van der Waals surface area contributed by atoms with Crippen LogP contribution in [0.4, 0.5) is 10.1 Å². The van der Waals surface area contributed by atoms with Gasteiger partial charge in [-0.15, -0.1) is 10.2 Å². The van der Waals surface area contributed by atoms with Gasteiger partial charge in [-0.25, -0.2) is 4.39 Å². The lowest BCUT2D eigenvalue weighted by Crippen LogP contribution is -2.15. The second-order valence-electron chi connectivity index (χ2n) is 7.47. The Morgan fingerprint density at radius 2 is 1.79 bits per heavy atom. The molecule has 0 saturated carbocycles. The molecule has 6 nitrogen and oxygen atoms in total. The smallest absolute Gasteiger partial charge is 0.234 e. The fourth-order valence-corrected chi connectivity index (χ4v) is 3.87. The quantitative estimate of drug-likeness (QED) is 0.358. The number of benzene rings is 3. The molecule has 33 heavy (non-hydrogen) atoms. The number of nitrogens with zero attached hydrogens (tertiary/aromatic N) is 3. The number of amides is 1. The van der Waals surface area contributed by atoms with Gasteiger partial charge < -0.3 is 10.1 Å². The molecular weight excluding hydrogens is 439 g/mol. The van der Waals surface area contributed by atoms with Crippen LogP contribution in [0.2, 0.25) is 0 Å². The topological polar surface area (TPSA) is 69.0 Å². The fraction of sp³-hybridized carbons (Fsp3) is 0.160. The van der Waals surface area contributed by atoms with Crippen LogP contribution in [-0.2, 0) is 11.4 Å². The maximum Gasteiger partial charge on any atom is 0.234 e. The summed E-state index contributed by atoms with van der Waals surface area (Å²) in [6.45, 7) is 3.91. The van der Waals surface area contributed by atoms with E-state index in [0.29, 0.717) is 22.2 Å². The van der Waals surface area contributed by atoms with E-state index in [-0.39, 0.29) is 24.1 Å². The van der Waals surface area contributed by atoms with Crippen molar-refractivity contribution >= 4 is 23.4 Å². The Bertz CT molecular complexity index is 1240. The lowest BCUT2D eigenvalue weighted by atomic mass is 10.2. The highest BCUT2D eigenvalue weighted by molar-refractivity contribution is 7.99. The standard InChI is InChI=1S/C25H23FN4O2S/c1-17-8-12-20(13-9-17)30-23(15-32-21-6-4-3-5-7-21)28-29-25(30)33-16-24(31)27-19-11-10-18(2)22(26)14-19/h3-14H,15-16H2,1-2H3,(H,27,31). The van der Waals surface area contributed by atoms with Gasteiger partial charge in [0.1, 0.15) is 18.2 Å². The molecule has 0 bridgehead atoms. The molecule has 4 aromatic rings. The van der Waals surface area contributed by atoms with Gasteiger partial charge in [-0.3, -0.25) is 9.36 Å². The second-order valence-corrected chi connectivity index (χ2v) is 8.41. The summed E-state index contributed by atoms with van der Waals surface area (Å²) in [7, 11) is 0. The molecule has 1 heterocycles. The van der Waals surface area contributed by atoms with E-state index in [1.165, 1.54) is 17.8 Å². The SMILES string of the molecule is Cc1ccc(-n2c(COc3ccccc3)nnc2SCC(=O)Nc2ccc(C)c(F)c2)cc1. The zero-order valence-corrected chi connectivity index (χ0v) is 19.1. The summed E-state index contributed by atoms with van der Waals surface area (Å²) >= 11 is 1.25. The Labute approximate surface area is 195 Å². The van der Waals surface area contributed by atoms with E-state index in [2.05, 4.69) is 15.5 Å². The largest absolute Gasteiger partial charge is 0.486 e. The van der Waals surface area contributed by atoms with E-state index in [9.17, 15) is 9.18 Å². The third kappa shape index (κ3) is 5.78. The number of halogens is 1. The first-order valence-electron chi connectivity index (χ1n) is 10.4. The molecule has 0 atom stereocenters. The van der Waals surface area contributed by atoms with Gasteiger partial charge in [0.25, 0.3) is 0 Å². The minimum atomic E-state index is -0.359. The summed E-state index contributed by atoms with van der Waals surface area (Å²) in [6.07, 6.45) is 0. The number of nitrogens with one attached hydrogen (secondary N) is 1. The molecule has 1 amide bonds. The molecule has 0 aliphatic rings. The highest BCUT2D eigenvalue weighted by Gasteiger charge is 2.17. The van der Waals surface area contributed by atoms with Crippen molar-refractivity contribution in [2.45, 2.75) is 25.6 Å². The Balaban J connectivity index is 1.50. The molecule has 1 aromatic heterocycles. The molecule has 0 aliphatic carbocycles. The molecule has 168 valence electrons. The first-order valence-corrected chi connectivity index (χ1v) is 11.4. The van der Waals surface area contributed by atoms with Gasteiger partial charge >= 0.3 is 0 Å². The molecule has 3 aromatic carbocycles. The molecule has 0 radical (unpaired) electrons. The number of carbonyl (C=O) groups is 1. The highest BCUT2D eigenvalue weighted by atomic mass is 32.2. The van der Waals surface area contributed by atoms with Crippen molar-refractivity contribution in [3.05, 3.63) is 95.6 Å². The number of carbonyl (C=O) groups excluding carboxylic acids is 1. The van der Waals surface area contributed by atoms with Gasteiger partial charge in [-0.2, -0.15) is 0 Å². The van der Waals surface area contributed by atoms with E-state index in [1.54, 1.807) is 19.1 Å². The number of ether oxygens (including phenoxy) is 1. The van der Waals surface area contributed by atoms with Crippen LogP contribution in [0, 0.1) is 19.7 Å². The van der Waals surface area contributed by atoms with Crippen molar-refractivity contribution in [2.75, 3.05) is 11.1 Å². The van der Waals surface area contributed by atoms with Crippen molar-refractivity contribution in [1.82, 2.24) is 14.8 Å². The number of hydrogen-bond acceptors (Lipinski definition) is 5. The zero-order chi connectivity index (χ0) is 23.2. The number of thioether (sulfide) groups is 1. The number of rotatable bonds is 8. The summed E-state index contributed by atoms with van der Waals surface area (Å²) < 4.78 is 21.5. The second kappa shape index (κ2) is 10.3. The van der Waals surface area contributed by atoms with E-state index in [1.807, 2.05) is 66.1 Å². The third-order valence-electron chi connectivity index (χ3n) is 4.89. The normalized spacial score (nSPS) is 10.8. The molecule has 0 aliphatic heterocycles. The summed E-state index contributed by atoms with van der Waals surface area (Å²) in [5.41, 5.74) is 2.95. The first-order chi connectivity index (χ1) is 16.0. The predicted octanol–water partition coefficient (Wildman–Crippen LogP) is 5.33. The summed E-state index contributed by atoms with van der Waals surface area (Å²) in [5, 5.41) is 11.9. The van der Waals surface area contributed by atoms with Gasteiger partial charge in [-0.1, -0.05) is 53.7 Å². The van der Waals surface area contributed by atoms with E-state index in [0.717, 1.165) is 17.0 Å². The molecule has 0 unspecified atom stereocenters. The number of aryl methyl sites for hydroxylation is 2. The van der Waals surface area contributed by atoms with Crippen molar-refractivity contribution in [1.29, 1.82) is 0 Å². The molecule has 8 heteroatoms. The van der Waals surface area contributed by atoms with E-state index >= 15 is 0 Å². The van der Waals surface area contributed by atoms with Gasteiger partial charge in [-0.05, 0) is 55.8 Å². The van der Waals surface area contributed by atoms with E-state index in [4.69, 9.17) is 4.74 Å². The van der Waals surface area contributed by atoms with Crippen LogP contribution in [0.5, 0.6) is 5.75 Å². The Kier molecular flexibility index (Phi) is 7.04. The average molecular weight is 463 g/mol. The Morgan fingerprint density at radius 3 is 2.52 bits per heavy atom. The lowest BCUT2D eigenvalue weighted by molar-refractivity contribution is -0.113. The monoisotopic (exact) mass is 462 g/mol. The van der Waals surface area contributed by atoms with Crippen molar-refractivity contribution < 1.29 is 13.9 Å². The first kappa shape index (κ1) is 22.5. The number of anilines is 1. The van der Waals surface area contributed by atoms with Crippen LogP contribution in [0.3, 0.4) is 0 Å². The Hall–Kier alpha value is -3.65. The summed E-state index contributed by atoms with van der Waals surface area (Å²) in [4.78, 5) is 12.5. The van der Waals surface area contributed by atoms with Crippen molar-refractivity contribution in [3.63, 3.8) is 0 Å². The lowest BCUT2D eigenvalue weighted by Gasteiger charge is -2.12. The fourth-order valence-electron chi connectivity index (χ4n) is 3.10. The number of aromatic nitrogens is 3. The summed E-state index contributed by atoms with van der Waals surface area (Å²) in [5.74, 6) is 0.825. The van der Waals surface area contributed by atoms with Crippen LogP contribution in [0.15, 0.2) is 78.0 Å². The third-order valence-corrected chi connectivity index (χ3v) is 5.82. The highest BCUT2D eigenvalue weighted by Crippen LogP contribution is 2.24. The van der Waals surface area contributed by atoms with Crippen molar-refractivity contribution in [2.24, 2.45) is 0 Å². The zero-order valence-electron chi connectivity index (χ0n) is 18.3. The Morgan fingerprint density at radius 1 is 1.03 bits per heavy atom. The van der Waals surface area contributed by atoms with Gasteiger partial charge in [0.2, 0.25) is 5.91 Å². The molecular formula is C25H23FN4O2S. The molecule has 4 rings (SSSR count).